The van der Waals surface area contributed by atoms with Crippen molar-refractivity contribution in [1.82, 2.24) is 0 Å². The molecule has 0 aromatic carbocycles. The molecule has 0 saturated carbocycles. The monoisotopic (exact) mass is 312 g/mol. The molecule has 0 fully saturated rings. The molecule has 0 N–H and O–H groups in total. The lowest BCUT2D eigenvalue weighted by molar-refractivity contribution is -0.159. The standard InChI is InChI=1S/C12H15F3O6/c1-2-9(16)19-5-6-20-10(17)3-4-11(18)21-8-12(14,15)7-13/h2H,1,3-8H2. The van der Waals surface area contributed by atoms with Crippen LogP contribution < -0.4 is 0 Å². The van der Waals surface area contributed by atoms with E-state index in [1.54, 1.807) is 0 Å². The van der Waals surface area contributed by atoms with Crippen molar-refractivity contribution in [3.05, 3.63) is 12.7 Å². The molecule has 9 heteroatoms. The van der Waals surface area contributed by atoms with Gasteiger partial charge in [0.1, 0.15) is 13.2 Å². The highest BCUT2D eigenvalue weighted by molar-refractivity contribution is 5.81. The van der Waals surface area contributed by atoms with Gasteiger partial charge in [-0.25, -0.2) is 9.18 Å². The summed E-state index contributed by atoms with van der Waals surface area (Å²) >= 11 is 0. The van der Waals surface area contributed by atoms with Gasteiger partial charge in [0.25, 0.3) is 0 Å². The van der Waals surface area contributed by atoms with E-state index in [9.17, 15) is 27.6 Å². The summed E-state index contributed by atoms with van der Waals surface area (Å²) < 4.78 is 49.8. The second-order valence-corrected chi connectivity index (χ2v) is 3.74. The maximum atomic E-state index is 12.4. The molecule has 0 saturated heterocycles. The van der Waals surface area contributed by atoms with E-state index in [1.165, 1.54) is 0 Å². The fourth-order valence-corrected chi connectivity index (χ4v) is 0.930. The molecule has 0 aliphatic heterocycles. The maximum Gasteiger partial charge on any atom is 0.330 e. The lowest BCUT2D eigenvalue weighted by Gasteiger charge is -2.12. The summed E-state index contributed by atoms with van der Waals surface area (Å²) in [4.78, 5) is 32.7. The van der Waals surface area contributed by atoms with Gasteiger partial charge in [-0.3, -0.25) is 9.59 Å². The fourth-order valence-electron chi connectivity index (χ4n) is 0.930. The molecule has 120 valence electrons. The molecule has 0 atom stereocenters. The van der Waals surface area contributed by atoms with Gasteiger partial charge in [-0.2, -0.15) is 8.78 Å². The van der Waals surface area contributed by atoms with E-state index in [0.29, 0.717) is 0 Å². The van der Waals surface area contributed by atoms with Crippen molar-refractivity contribution >= 4 is 17.9 Å². The van der Waals surface area contributed by atoms with E-state index in [-0.39, 0.29) is 13.2 Å². The van der Waals surface area contributed by atoms with Crippen LogP contribution in [0.1, 0.15) is 12.8 Å². The summed E-state index contributed by atoms with van der Waals surface area (Å²) in [7, 11) is 0. The Kier molecular flexibility index (Phi) is 8.82. The Balaban J connectivity index is 3.71. The Hall–Kier alpha value is -2.06. The summed E-state index contributed by atoms with van der Waals surface area (Å²) in [6, 6.07) is 0. The van der Waals surface area contributed by atoms with Gasteiger partial charge < -0.3 is 14.2 Å². The van der Waals surface area contributed by atoms with Crippen LogP contribution in [0.25, 0.3) is 0 Å². The van der Waals surface area contributed by atoms with Crippen molar-refractivity contribution in [2.45, 2.75) is 18.8 Å². The van der Waals surface area contributed by atoms with Gasteiger partial charge >= 0.3 is 23.8 Å². The molecule has 0 aliphatic carbocycles. The minimum absolute atomic E-state index is 0.177. The van der Waals surface area contributed by atoms with Gasteiger partial charge in [0, 0.05) is 6.08 Å². The highest BCUT2D eigenvalue weighted by Crippen LogP contribution is 2.14. The summed E-state index contributed by atoms with van der Waals surface area (Å²) in [6.45, 7) is -0.557. The molecule has 0 bridgehead atoms. The van der Waals surface area contributed by atoms with Gasteiger partial charge in [0.2, 0.25) is 0 Å². The van der Waals surface area contributed by atoms with Gasteiger partial charge in [-0.05, 0) is 0 Å². The minimum Gasteiger partial charge on any atom is -0.462 e. The van der Waals surface area contributed by atoms with E-state index in [1.807, 2.05) is 0 Å². The predicted molar refractivity (Wildman–Crippen MR) is 63.2 cm³/mol. The Morgan fingerprint density at radius 1 is 1.00 bits per heavy atom. The highest BCUT2D eigenvalue weighted by atomic mass is 19.3. The Bertz CT molecular complexity index is 383. The molecular formula is C12H15F3O6. The number of hydrogen-bond donors (Lipinski definition) is 0. The second-order valence-electron chi connectivity index (χ2n) is 3.74. The van der Waals surface area contributed by atoms with Crippen molar-refractivity contribution < 1.29 is 41.8 Å². The first-order valence-corrected chi connectivity index (χ1v) is 5.85. The lowest BCUT2D eigenvalue weighted by atomic mass is 10.3. The van der Waals surface area contributed by atoms with Gasteiger partial charge in [-0.15, -0.1) is 0 Å². The van der Waals surface area contributed by atoms with E-state index in [2.05, 4.69) is 20.8 Å². The Labute approximate surface area is 118 Å². The number of esters is 3. The molecule has 0 unspecified atom stereocenters. The lowest BCUT2D eigenvalue weighted by Crippen LogP contribution is -2.28. The molecule has 21 heavy (non-hydrogen) atoms. The van der Waals surface area contributed by atoms with Gasteiger partial charge in [0.15, 0.2) is 13.3 Å². The average molecular weight is 312 g/mol. The molecule has 0 aromatic heterocycles. The van der Waals surface area contributed by atoms with E-state index in [4.69, 9.17) is 0 Å². The van der Waals surface area contributed by atoms with Crippen LogP contribution in [0.15, 0.2) is 12.7 Å². The van der Waals surface area contributed by atoms with E-state index < -0.39 is 50.0 Å². The summed E-state index contributed by atoms with van der Waals surface area (Å²) in [5, 5.41) is 0. The van der Waals surface area contributed by atoms with Crippen molar-refractivity contribution in [2.75, 3.05) is 26.5 Å². The molecule has 0 aromatic rings. The zero-order chi connectivity index (χ0) is 16.3. The molecule has 0 amide bonds. The highest BCUT2D eigenvalue weighted by Gasteiger charge is 2.30. The second kappa shape index (κ2) is 9.78. The van der Waals surface area contributed by atoms with Crippen LogP contribution in [0.5, 0.6) is 0 Å². The summed E-state index contributed by atoms with van der Waals surface area (Å²) in [6.07, 6.45) is 0.0636. The predicted octanol–water partition coefficient (Wildman–Crippen LogP) is 1.19. The van der Waals surface area contributed by atoms with Gasteiger partial charge in [0.05, 0.1) is 12.8 Å². The quantitative estimate of drug-likeness (QED) is 0.261. The van der Waals surface area contributed by atoms with Crippen molar-refractivity contribution in [3.63, 3.8) is 0 Å². The van der Waals surface area contributed by atoms with Crippen LogP contribution in [0.3, 0.4) is 0 Å². The molecule has 0 aliphatic rings. The Morgan fingerprint density at radius 2 is 1.52 bits per heavy atom. The van der Waals surface area contributed by atoms with Crippen molar-refractivity contribution in [1.29, 1.82) is 0 Å². The third-order valence-electron chi connectivity index (χ3n) is 1.93. The number of carbonyl (C=O) groups is 3. The number of ether oxygens (including phenoxy) is 3. The van der Waals surface area contributed by atoms with Crippen molar-refractivity contribution in [3.8, 4) is 0 Å². The van der Waals surface area contributed by atoms with Crippen LogP contribution in [0.4, 0.5) is 13.2 Å². The Morgan fingerprint density at radius 3 is 2.05 bits per heavy atom. The number of halogens is 3. The molecule has 6 nitrogen and oxygen atoms in total. The topological polar surface area (TPSA) is 78.9 Å². The number of alkyl halides is 3. The first-order chi connectivity index (χ1) is 9.80. The first-order valence-electron chi connectivity index (χ1n) is 5.85. The SMILES string of the molecule is C=CC(=O)OCCOC(=O)CCC(=O)OCC(F)(F)CF. The smallest absolute Gasteiger partial charge is 0.330 e. The maximum absolute atomic E-state index is 12.4. The summed E-state index contributed by atoms with van der Waals surface area (Å²) in [5.74, 6) is -6.27. The summed E-state index contributed by atoms with van der Waals surface area (Å²) in [5.41, 5.74) is 0. The third-order valence-corrected chi connectivity index (χ3v) is 1.93. The fraction of sp³-hybridized carbons (Fsp3) is 0.583. The number of carbonyl (C=O) groups excluding carboxylic acids is 3. The molecular weight excluding hydrogens is 297 g/mol. The molecule has 0 heterocycles. The number of hydrogen-bond acceptors (Lipinski definition) is 6. The minimum atomic E-state index is -3.73. The molecule has 0 radical (unpaired) electrons. The van der Waals surface area contributed by atoms with Crippen LogP contribution >= 0.6 is 0 Å². The van der Waals surface area contributed by atoms with E-state index in [0.717, 1.165) is 6.08 Å². The van der Waals surface area contributed by atoms with Gasteiger partial charge in [-0.1, -0.05) is 6.58 Å². The zero-order valence-electron chi connectivity index (χ0n) is 11.1. The molecule has 0 spiro atoms. The van der Waals surface area contributed by atoms with Crippen molar-refractivity contribution in [2.24, 2.45) is 0 Å². The van der Waals surface area contributed by atoms with E-state index >= 15 is 0 Å². The number of rotatable bonds is 10. The molecule has 0 rings (SSSR count). The van der Waals surface area contributed by atoms with Crippen LogP contribution in [-0.2, 0) is 28.6 Å². The zero-order valence-corrected chi connectivity index (χ0v) is 11.1. The first kappa shape index (κ1) is 18.9. The van der Waals surface area contributed by atoms with Crippen LogP contribution in [0.2, 0.25) is 0 Å². The average Bonchev–Trinajstić information content (AvgIpc) is 2.47. The normalized spacial score (nSPS) is 10.6. The van der Waals surface area contributed by atoms with Crippen LogP contribution in [-0.4, -0.2) is 50.3 Å². The third kappa shape index (κ3) is 10.4. The largest absolute Gasteiger partial charge is 0.462 e. The van der Waals surface area contributed by atoms with Crippen LogP contribution in [0, 0.1) is 0 Å².